The maximum absolute atomic E-state index is 12.1. The number of aliphatic hydroxyl groups is 1. The molecule has 4 heterocycles. The molecule has 0 bridgehead atoms. The second-order valence-electron chi connectivity index (χ2n) is 10.6. The summed E-state index contributed by atoms with van der Waals surface area (Å²) < 4.78 is 33.4. The Labute approximate surface area is 245 Å². The molecule has 4 aromatic rings. The average molecular weight is 585 g/mol. The predicted octanol–water partition coefficient (Wildman–Crippen LogP) is 3.20. The van der Waals surface area contributed by atoms with E-state index in [1.165, 1.54) is 10.6 Å². The van der Waals surface area contributed by atoms with Crippen LogP contribution in [0.25, 0.3) is 22.2 Å². The van der Waals surface area contributed by atoms with Crippen molar-refractivity contribution < 1.29 is 18.3 Å². The van der Waals surface area contributed by atoms with Crippen molar-refractivity contribution in [1.82, 2.24) is 23.7 Å². The molecule has 2 aliphatic rings. The molecule has 10 nitrogen and oxygen atoms in total. The van der Waals surface area contributed by atoms with Gasteiger partial charge in [0.05, 0.1) is 11.5 Å². The molecule has 0 saturated carbocycles. The number of benzene rings is 2. The number of rotatable bonds is 6. The van der Waals surface area contributed by atoms with Crippen molar-refractivity contribution in [3.8, 4) is 34.5 Å². The van der Waals surface area contributed by atoms with Gasteiger partial charge < -0.3 is 20.1 Å². The Morgan fingerprint density at radius 3 is 2.48 bits per heavy atom. The minimum Gasteiger partial charge on any atom is -0.457 e. The summed E-state index contributed by atoms with van der Waals surface area (Å²) in [7, 11) is -1.62. The van der Waals surface area contributed by atoms with Crippen LogP contribution in [0.15, 0.2) is 72.9 Å². The number of aliphatic hydroxyl groups excluding tert-OH is 1. The van der Waals surface area contributed by atoms with Crippen LogP contribution < -0.4 is 10.5 Å². The molecule has 0 spiro atoms. The number of fused-ring (bicyclic) bond motifs is 1. The lowest BCUT2D eigenvalue weighted by atomic mass is 9.92. The van der Waals surface area contributed by atoms with Crippen molar-refractivity contribution >= 4 is 26.9 Å². The molecule has 0 unspecified atom stereocenters. The van der Waals surface area contributed by atoms with Crippen molar-refractivity contribution in [2.75, 3.05) is 31.9 Å². The van der Waals surface area contributed by atoms with E-state index in [0.29, 0.717) is 43.3 Å². The first kappa shape index (κ1) is 27.9. The summed E-state index contributed by atoms with van der Waals surface area (Å²) in [4.78, 5) is 10.9. The largest absolute Gasteiger partial charge is 0.457 e. The fourth-order valence-electron chi connectivity index (χ4n) is 5.72. The summed E-state index contributed by atoms with van der Waals surface area (Å²) in [6, 6.07) is 17.3. The van der Waals surface area contributed by atoms with Crippen molar-refractivity contribution in [2.45, 2.75) is 18.6 Å². The number of hydrogen-bond acceptors (Lipinski definition) is 8. The van der Waals surface area contributed by atoms with Gasteiger partial charge in [0.25, 0.3) is 0 Å². The first-order valence-electron chi connectivity index (χ1n) is 13.7. The zero-order chi connectivity index (χ0) is 29.4. The predicted molar refractivity (Wildman–Crippen MR) is 162 cm³/mol. The average Bonchev–Trinajstić information content (AvgIpc) is 3.26. The molecule has 2 atom stereocenters. The molecule has 2 fully saturated rings. The Morgan fingerprint density at radius 2 is 1.79 bits per heavy atom. The molecule has 2 aromatic heterocycles. The van der Waals surface area contributed by atoms with Crippen molar-refractivity contribution in [1.29, 1.82) is 0 Å². The Bertz CT molecular complexity index is 1790. The summed E-state index contributed by atoms with van der Waals surface area (Å²) >= 11 is 0. The third-order valence-corrected chi connectivity index (χ3v) is 9.44. The van der Waals surface area contributed by atoms with E-state index in [0.717, 1.165) is 33.4 Å². The van der Waals surface area contributed by atoms with E-state index in [2.05, 4.69) is 33.3 Å². The number of anilines is 1. The van der Waals surface area contributed by atoms with Gasteiger partial charge in [0, 0.05) is 56.2 Å². The summed E-state index contributed by atoms with van der Waals surface area (Å²) in [5, 5.41) is 12.4. The number of aryl methyl sites for hydroxylation is 1. The van der Waals surface area contributed by atoms with Crippen LogP contribution in [0.4, 0.5) is 5.82 Å². The standard InChI is InChI=1S/C31H32N6O4S/c1-3-42(39,40)37-16-15-25(27(38)19-37)36-17-21(18-36)9-14-26-28(29-30(32)33-20-34-31(29)35(26)2)22-10-12-24(13-11-22)41-23-7-5-4-6-8-23/h3-8,10-13,20-21,25,27,38H,1,15-19H2,2H3,(H2,32,33,34)/t25-,27+/m1/s1. The molecule has 0 aliphatic carbocycles. The smallest absolute Gasteiger partial charge is 0.235 e. The minimum absolute atomic E-state index is 0.0722. The fraction of sp³-hybridized carbons (Fsp3) is 0.290. The van der Waals surface area contributed by atoms with Gasteiger partial charge in [-0.25, -0.2) is 18.4 Å². The van der Waals surface area contributed by atoms with E-state index in [4.69, 9.17) is 10.5 Å². The Balaban J connectivity index is 1.22. The molecule has 6 rings (SSSR count). The molecule has 42 heavy (non-hydrogen) atoms. The number of piperidine rings is 1. The van der Waals surface area contributed by atoms with Crippen LogP contribution in [-0.2, 0) is 17.1 Å². The maximum Gasteiger partial charge on any atom is 0.235 e. The van der Waals surface area contributed by atoms with Gasteiger partial charge in [-0.05, 0) is 42.2 Å². The van der Waals surface area contributed by atoms with Crippen molar-refractivity contribution in [2.24, 2.45) is 13.0 Å². The zero-order valence-electron chi connectivity index (χ0n) is 23.2. The van der Waals surface area contributed by atoms with Gasteiger partial charge in [-0.3, -0.25) is 4.90 Å². The highest BCUT2D eigenvalue weighted by atomic mass is 32.2. The lowest BCUT2D eigenvalue weighted by molar-refractivity contribution is -0.0309. The van der Waals surface area contributed by atoms with E-state index in [1.54, 1.807) is 0 Å². The second kappa shape index (κ2) is 11.2. The van der Waals surface area contributed by atoms with E-state index in [9.17, 15) is 13.5 Å². The molecular weight excluding hydrogens is 552 g/mol. The molecule has 2 aromatic carbocycles. The molecule has 216 valence electrons. The number of ether oxygens (including phenoxy) is 1. The first-order chi connectivity index (χ1) is 20.2. The molecule has 3 N–H and O–H groups in total. The topological polar surface area (TPSA) is 127 Å². The van der Waals surface area contributed by atoms with E-state index in [-0.39, 0.29) is 18.5 Å². The number of sulfonamides is 1. The van der Waals surface area contributed by atoms with Gasteiger partial charge in [-0.15, -0.1) is 0 Å². The third kappa shape index (κ3) is 5.26. The van der Waals surface area contributed by atoms with Gasteiger partial charge in [-0.1, -0.05) is 42.8 Å². The Hall–Kier alpha value is -4.21. The number of nitrogens with zero attached hydrogens (tertiary/aromatic N) is 5. The van der Waals surface area contributed by atoms with Crippen LogP contribution in [0.1, 0.15) is 12.1 Å². The van der Waals surface area contributed by atoms with Gasteiger partial charge in [0.1, 0.15) is 35.0 Å². The normalized spacial score (nSPS) is 20.0. The number of aromatic nitrogens is 3. The minimum atomic E-state index is -3.54. The number of nitrogen functional groups attached to an aromatic ring is 1. The van der Waals surface area contributed by atoms with Gasteiger partial charge in [-0.2, -0.15) is 4.31 Å². The van der Waals surface area contributed by atoms with Crippen LogP contribution in [0.3, 0.4) is 0 Å². The molecule has 0 amide bonds. The van der Waals surface area contributed by atoms with E-state index in [1.807, 2.05) is 66.2 Å². The number of β-amino-alcohol motifs (C(OH)–C–C–N with tert-alkyl or cyclic N) is 1. The highest BCUT2D eigenvalue weighted by Crippen LogP contribution is 2.37. The molecule has 2 saturated heterocycles. The number of nitrogens with two attached hydrogens (primary N) is 1. The summed E-state index contributed by atoms with van der Waals surface area (Å²) in [5.41, 5.74) is 9.62. The highest BCUT2D eigenvalue weighted by molar-refractivity contribution is 7.92. The summed E-state index contributed by atoms with van der Waals surface area (Å²) in [6.45, 7) is 5.22. The highest BCUT2D eigenvalue weighted by Gasteiger charge is 2.40. The lowest BCUT2D eigenvalue weighted by Gasteiger charge is -2.47. The number of para-hydroxylation sites is 1. The van der Waals surface area contributed by atoms with E-state index >= 15 is 0 Å². The maximum atomic E-state index is 12.1. The molecule has 11 heteroatoms. The van der Waals surface area contributed by atoms with E-state index < -0.39 is 16.1 Å². The molecule has 0 radical (unpaired) electrons. The van der Waals surface area contributed by atoms with Gasteiger partial charge >= 0.3 is 0 Å². The summed E-state index contributed by atoms with van der Waals surface area (Å²) in [6.07, 6.45) is 1.25. The van der Waals surface area contributed by atoms with Crippen LogP contribution in [0.2, 0.25) is 0 Å². The fourth-order valence-corrected chi connectivity index (χ4v) is 6.65. The Kier molecular flexibility index (Phi) is 7.47. The quantitative estimate of drug-likeness (QED) is 0.331. The number of hydrogen-bond donors (Lipinski definition) is 2. The molecule has 2 aliphatic heterocycles. The Morgan fingerprint density at radius 1 is 1.07 bits per heavy atom. The second-order valence-corrected chi connectivity index (χ2v) is 12.5. The van der Waals surface area contributed by atoms with Crippen LogP contribution in [0, 0.1) is 17.8 Å². The molecular formula is C31H32N6O4S. The zero-order valence-corrected chi connectivity index (χ0v) is 24.0. The van der Waals surface area contributed by atoms with Crippen LogP contribution >= 0.6 is 0 Å². The van der Waals surface area contributed by atoms with Gasteiger partial charge in [0.15, 0.2) is 0 Å². The van der Waals surface area contributed by atoms with Crippen LogP contribution in [0.5, 0.6) is 11.5 Å². The number of likely N-dealkylation sites (tertiary alicyclic amines) is 1. The van der Waals surface area contributed by atoms with Crippen LogP contribution in [-0.4, -0.2) is 75.6 Å². The van der Waals surface area contributed by atoms with Crippen molar-refractivity contribution in [3.63, 3.8) is 0 Å². The first-order valence-corrected chi connectivity index (χ1v) is 15.2. The summed E-state index contributed by atoms with van der Waals surface area (Å²) in [5.74, 6) is 8.78. The van der Waals surface area contributed by atoms with Crippen molar-refractivity contribution in [3.05, 3.63) is 78.6 Å². The third-order valence-electron chi connectivity index (χ3n) is 7.97. The SMILES string of the molecule is C=CS(=O)(=O)N1CC[C@@H](N2CC(C#Cc3c(-c4ccc(Oc5ccccc5)cc4)c4c(N)ncnc4n3C)C2)[C@@H](O)C1. The van der Waals surface area contributed by atoms with Gasteiger partial charge in [0.2, 0.25) is 10.0 Å². The monoisotopic (exact) mass is 584 g/mol. The lowest BCUT2D eigenvalue weighted by Crippen LogP contribution is -2.61.